The van der Waals surface area contributed by atoms with E-state index in [0.717, 1.165) is 11.3 Å². The lowest BCUT2D eigenvalue weighted by Crippen LogP contribution is -2.25. The van der Waals surface area contributed by atoms with Crippen LogP contribution >= 0.6 is 11.8 Å². The van der Waals surface area contributed by atoms with Gasteiger partial charge in [0.1, 0.15) is 5.78 Å². The van der Waals surface area contributed by atoms with Crippen molar-refractivity contribution in [1.29, 1.82) is 0 Å². The van der Waals surface area contributed by atoms with Crippen molar-refractivity contribution in [2.24, 2.45) is 5.41 Å². The molecule has 3 aromatic rings. The SMILES string of the molecule is Cc1ccccc1-n1c(SCC(=O)C(C)(C)C)nc2ccccc2c1=O. The van der Waals surface area contributed by atoms with Gasteiger partial charge in [-0.15, -0.1) is 0 Å². The van der Waals surface area contributed by atoms with Gasteiger partial charge in [-0.2, -0.15) is 0 Å². The van der Waals surface area contributed by atoms with Crippen LogP contribution in [0.25, 0.3) is 16.6 Å². The minimum atomic E-state index is -0.419. The molecule has 0 atom stereocenters. The second-order valence-electron chi connectivity index (χ2n) is 7.30. The average Bonchev–Trinajstić information content (AvgIpc) is 2.60. The number of hydrogen-bond donors (Lipinski definition) is 0. The Morgan fingerprint density at radius 2 is 1.73 bits per heavy atom. The highest BCUT2D eigenvalue weighted by Crippen LogP contribution is 2.25. The third-order valence-corrected chi connectivity index (χ3v) is 5.21. The molecule has 1 aromatic heterocycles. The van der Waals surface area contributed by atoms with Gasteiger partial charge in [0.2, 0.25) is 0 Å². The van der Waals surface area contributed by atoms with E-state index in [1.54, 1.807) is 10.6 Å². The zero-order chi connectivity index (χ0) is 18.9. The highest BCUT2D eigenvalue weighted by molar-refractivity contribution is 7.99. The Balaban J connectivity index is 2.17. The van der Waals surface area contributed by atoms with Crippen LogP contribution in [0.15, 0.2) is 58.5 Å². The van der Waals surface area contributed by atoms with Gasteiger partial charge in [0, 0.05) is 5.41 Å². The van der Waals surface area contributed by atoms with E-state index in [1.807, 2.05) is 70.2 Å². The summed E-state index contributed by atoms with van der Waals surface area (Å²) in [6.07, 6.45) is 0. The summed E-state index contributed by atoms with van der Waals surface area (Å²) >= 11 is 1.32. The minimum absolute atomic E-state index is 0.115. The standard InChI is InChI=1S/C21H22N2O2S/c1-14-9-5-8-12-17(14)23-19(25)15-10-6-7-11-16(15)22-20(23)26-13-18(24)21(2,3)4/h5-12H,13H2,1-4H3. The summed E-state index contributed by atoms with van der Waals surface area (Å²) in [5.41, 5.74) is 1.89. The fourth-order valence-electron chi connectivity index (χ4n) is 2.58. The zero-order valence-electron chi connectivity index (χ0n) is 15.4. The number of benzene rings is 2. The van der Waals surface area contributed by atoms with Crippen LogP contribution in [0, 0.1) is 12.3 Å². The first-order chi connectivity index (χ1) is 12.3. The number of para-hydroxylation sites is 2. The van der Waals surface area contributed by atoms with Crippen molar-refractivity contribution in [3.05, 3.63) is 64.4 Å². The molecule has 0 unspecified atom stereocenters. The maximum Gasteiger partial charge on any atom is 0.266 e. The predicted molar refractivity (Wildman–Crippen MR) is 107 cm³/mol. The average molecular weight is 366 g/mol. The maximum absolute atomic E-state index is 13.2. The van der Waals surface area contributed by atoms with Gasteiger partial charge in [0.05, 0.1) is 22.3 Å². The Labute approximate surface area is 157 Å². The fourth-order valence-corrected chi connectivity index (χ4v) is 3.75. The number of Topliss-reactive ketones (excluding diaryl/α,β-unsaturated/α-hetero) is 1. The van der Waals surface area contributed by atoms with E-state index in [0.29, 0.717) is 16.1 Å². The first-order valence-corrected chi connectivity index (χ1v) is 9.51. The van der Waals surface area contributed by atoms with E-state index < -0.39 is 5.41 Å². The Hall–Kier alpha value is -2.40. The number of ketones is 1. The van der Waals surface area contributed by atoms with Crippen LogP contribution in [0.3, 0.4) is 0 Å². The molecule has 4 nitrogen and oxygen atoms in total. The largest absolute Gasteiger partial charge is 0.298 e. The number of aryl methyl sites for hydroxylation is 1. The Bertz CT molecular complexity index is 1030. The van der Waals surface area contributed by atoms with Crippen LogP contribution < -0.4 is 5.56 Å². The van der Waals surface area contributed by atoms with Gasteiger partial charge in [-0.25, -0.2) is 4.98 Å². The Morgan fingerprint density at radius 1 is 1.08 bits per heavy atom. The van der Waals surface area contributed by atoms with Crippen molar-refractivity contribution in [3.8, 4) is 5.69 Å². The highest BCUT2D eigenvalue weighted by Gasteiger charge is 2.23. The molecule has 0 aliphatic carbocycles. The molecule has 0 saturated carbocycles. The van der Waals surface area contributed by atoms with Crippen molar-refractivity contribution in [1.82, 2.24) is 9.55 Å². The number of hydrogen-bond acceptors (Lipinski definition) is 4. The summed E-state index contributed by atoms with van der Waals surface area (Å²) in [5, 5.41) is 1.11. The second kappa shape index (κ2) is 7.08. The molecule has 0 amide bonds. The lowest BCUT2D eigenvalue weighted by Gasteiger charge is -2.18. The molecule has 3 rings (SSSR count). The van der Waals surface area contributed by atoms with Gasteiger partial charge in [-0.1, -0.05) is 62.9 Å². The predicted octanol–water partition coefficient (Wildman–Crippen LogP) is 4.40. The molecule has 26 heavy (non-hydrogen) atoms. The summed E-state index contributed by atoms with van der Waals surface area (Å²) < 4.78 is 1.62. The van der Waals surface area contributed by atoms with Gasteiger partial charge in [-0.05, 0) is 30.7 Å². The van der Waals surface area contributed by atoms with E-state index in [2.05, 4.69) is 4.98 Å². The zero-order valence-corrected chi connectivity index (χ0v) is 16.3. The molecule has 0 radical (unpaired) electrons. The van der Waals surface area contributed by atoms with E-state index >= 15 is 0 Å². The van der Waals surface area contributed by atoms with Crippen molar-refractivity contribution >= 4 is 28.4 Å². The van der Waals surface area contributed by atoms with Crippen LogP contribution in [-0.4, -0.2) is 21.1 Å². The van der Waals surface area contributed by atoms with Gasteiger partial charge < -0.3 is 0 Å². The quantitative estimate of drug-likeness (QED) is 0.507. The topological polar surface area (TPSA) is 52.0 Å². The molecular weight excluding hydrogens is 344 g/mol. The number of aromatic nitrogens is 2. The number of thioether (sulfide) groups is 1. The van der Waals surface area contributed by atoms with Crippen molar-refractivity contribution in [2.45, 2.75) is 32.9 Å². The first-order valence-electron chi connectivity index (χ1n) is 8.53. The number of fused-ring (bicyclic) bond motifs is 1. The molecule has 0 aliphatic rings. The van der Waals surface area contributed by atoms with Crippen LogP contribution in [0.4, 0.5) is 0 Å². The third kappa shape index (κ3) is 3.58. The maximum atomic E-state index is 13.2. The summed E-state index contributed by atoms with van der Waals surface area (Å²) in [5.74, 6) is 0.404. The summed E-state index contributed by atoms with van der Waals surface area (Å²) in [7, 11) is 0. The van der Waals surface area contributed by atoms with Crippen molar-refractivity contribution in [3.63, 3.8) is 0 Å². The van der Waals surface area contributed by atoms with Gasteiger partial charge >= 0.3 is 0 Å². The first kappa shape index (κ1) is 18.4. The van der Waals surface area contributed by atoms with E-state index in [1.165, 1.54) is 11.8 Å². The van der Waals surface area contributed by atoms with Crippen LogP contribution in [0.1, 0.15) is 26.3 Å². The number of rotatable bonds is 4. The fraction of sp³-hybridized carbons (Fsp3) is 0.286. The lowest BCUT2D eigenvalue weighted by atomic mass is 9.92. The molecule has 0 aliphatic heterocycles. The molecule has 5 heteroatoms. The van der Waals surface area contributed by atoms with Crippen molar-refractivity contribution in [2.75, 3.05) is 5.75 Å². The van der Waals surface area contributed by atoms with E-state index in [4.69, 9.17) is 0 Å². The summed E-state index contributed by atoms with van der Waals surface area (Å²) in [6, 6.07) is 15.0. The molecule has 1 heterocycles. The second-order valence-corrected chi connectivity index (χ2v) is 8.24. The number of nitrogens with zero attached hydrogens (tertiary/aromatic N) is 2. The summed E-state index contributed by atoms with van der Waals surface area (Å²) in [6.45, 7) is 7.67. The third-order valence-electron chi connectivity index (χ3n) is 4.27. The minimum Gasteiger partial charge on any atom is -0.298 e. The van der Waals surface area contributed by atoms with Gasteiger partial charge in [0.25, 0.3) is 5.56 Å². The van der Waals surface area contributed by atoms with Gasteiger partial charge in [0.15, 0.2) is 5.16 Å². The molecule has 0 fully saturated rings. The number of carbonyl (C=O) groups excluding carboxylic acids is 1. The van der Waals surface area contributed by atoms with Gasteiger partial charge in [-0.3, -0.25) is 14.2 Å². The number of carbonyl (C=O) groups is 1. The van der Waals surface area contributed by atoms with Crippen LogP contribution in [-0.2, 0) is 4.79 Å². The Kier molecular flexibility index (Phi) is 5.01. The summed E-state index contributed by atoms with van der Waals surface area (Å²) in [4.78, 5) is 30.2. The molecule has 2 aromatic carbocycles. The lowest BCUT2D eigenvalue weighted by molar-refractivity contribution is -0.123. The molecule has 134 valence electrons. The Morgan fingerprint density at radius 3 is 2.42 bits per heavy atom. The van der Waals surface area contributed by atoms with Crippen LogP contribution in [0.2, 0.25) is 0 Å². The molecule has 0 saturated heterocycles. The monoisotopic (exact) mass is 366 g/mol. The van der Waals surface area contributed by atoms with E-state index in [-0.39, 0.29) is 17.1 Å². The molecular formula is C21H22N2O2S. The normalized spacial score (nSPS) is 11.7. The van der Waals surface area contributed by atoms with Crippen LogP contribution in [0.5, 0.6) is 0 Å². The van der Waals surface area contributed by atoms with E-state index in [9.17, 15) is 9.59 Å². The highest BCUT2D eigenvalue weighted by atomic mass is 32.2. The molecule has 0 N–H and O–H groups in total. The van der Waals surface area contributed by atoms with Crippen molar-refractivity contribution < 1.29 is 4.79 Å². The smallest absolute Gasteiger partial charge is 0.266 e. The molecule has 0 bridgehead atoms. The molecule has 0 spiro atoms.